The molecule has 2 N–H and O–H groups in total. The van der Waals surface area contributed by atoms with Crippen LogP contribution in [0.3, 0.4) is 0 Å². The van der Waals surface area contributed by atoms with Gasteiger partial charge in [0, 0.05) is 56.9 Å². The minimum Gasteiger partial charge on any atom is -0.361 e. The summed E-state index contributed by atoms with van der Waals surface area (Å²) >= 11 is 0. The third kappa shape index (κ3) is 6.05. The van der Waals surface area contributed by atoms with E-state index in [9.17, 15) is 9.59 Å². The van der Waals surface area contributed by atoms with Crippen LogP contribution in [-0.2, 0) is 13.1 Å². The van der Waals surface area contributed by atoms with Crippen LogP contribution in [0.4, 0.5) is 4.79 Å². The Morgan fingerprint density at radius 3 is 2.41 bits per heavy atom. The van der Waals surface area contributed by atoms with E-state index >= 15 is 0 Å². The molecule has 2 heterocycles. The highest BCUT2D eigenvalue weighted by atomic mass is 16.5. The SMILES string of the molecule is Cc1cc(CN2CCN(C(=O)c3ccc(CNC(=O)NC(C)C)cc3)CC2)no1. The number of urea groups is 1. The molecule has 1 fully saturated rings. The average Bonchev–Trinajstić information content (AvgIpc) is 3.11. The summed E-state index contributed by atoms with van der Waals surface area (Å²) in [5.74, 6) is 0.854. The van der Waals surface area contributed by atoms with Crippen LogP contribution in [0.2, 0.25) is 0 Å². The molecule has 0 radical (unpaired) electrons. The van der Waals surface area contributed by atoms with Crippen molar-refractivity contribution in [3.8, 4) is 0 Å². The first-order valence-corrected chi connectivity index (χ1v) is 9.98. The zero-order valence-electron chi connectivity index (χ0n) is 17.3. The van der Waals surface area contributed by atoms with Crippen LogP contribution < -0.4 is 10.6 Å². The van der Waals surface area contributed by atoms with Crippen molar-refractivity contribution in [2.75, 3.05) is 26.2 Å². The molecule has 0 aliphatic carbocycles. The van der Waals surface area contributed by atoms with Crippen molar-refractivity contribution < 1.29 is 14.1 Å². The Balaban J connectivity index is 1.46. The number of piperazine rings is 1. The van der Waals surface area contributed by atoms with Gasteiger partial charge in [0.05, 0.1) is 5.69 Å². The van der Waals surface area contributed by atoms with Crippen LogP contribution in [0, 0.1) is 6.92 Å². The number of carbonyl (C=O) groups excluding carboxylic acids is 2. The van der Waals surface area contributed by atoms with E-state index in [1.54, 1.807) is 0 Å². The predicted molar refractivity (Wildman–Crippen MR) is 109 cm³/mol. The Kier molecular flexibility index (Phi) is 6.87. The minimum atomic E-state index is -0.196. The maximum Gasteiger partial charge on any atom is 0.315 e. The van der Waals surface area contributed by atoms with E-state index in [4.69, 9.17) is 4.52 Å². The van der Waals surface area contributed by atoms with Gasteiger partial charge in [-0.25, -0.2) is 4.79 Å². The van der Waals surface area contributed by atoms with Gasteiger partial charge in [-0.1, -0.05) is 17.3 Å². The highest BCUT2D eigenvalue weighted by molar-refractivity contribution is 5.94. The number of hydrogen-bond acceptors (Lipinski definition) is 5. The van der Waals surface area contributed by atoms with Crippen LogP contribution in [0.1, 0.15) is 41.2 Å². The maximum absolute atomic E-state index is 12.8. The second-order valence-corrected chi connectivity index (χ2v) is 7.68. The van der Waals surface area contributed by atoms with Crippen LogP contribution in [0.25, 0.3) is 0 Å². The molecule has 0 saturated carbocycles. The molecule has 0 atom stereocenters. The molecule has 2 aromatic rings. The lowest BCUT2D eigenvalue weighted by atomic mass is 10.1. The first-order valence-electron chi connectivity index (χ1n) is 9.98. The molecule has 1 aromatic carbocycles. The zero-order valence-corrected chi connectivity index (χ0v) is 17.3. The monoisotopic (exact) mass is 399 g/mol. The summed E-state index contributed by atoms with van der Waals surface area (Å²) < 4.78 is 5.11. The fourth-order valence-corrected chi connectivity index (χ4v) is 3.27. The molecule has 8 heteroatoms. The van der Waals surface area contributed by atoms with E-state index in [-0.39, 0.29) is 18.0 Å². The van der Waals surface area contributed by atoms with Crippen molar-refractivity contribution in [2.24, 2.45) is 0 Å². The number of hydrogen-bond donors (Lipinski definition) is 2. The largest absolute Gasteiger partial charge is 0.361 e. The number of carbonyl (C=O) groups is 2. The van der Waals surface area contributed by atoms with Gasteiger partial charge in [0.1, 0.15) is 5.76 Å². The van der Waals surface area contributed by atoms with Crippen molar-refractivity contribution in [1.82, 2.24) is 25.6 Å². The molecule has 0 unspecified atom stereocenters. The maximum atomic E-state index is 12.8. The third-order valence-electron chi connectivity index (χ3n) is 4.80. The van der Waals surface area contributed by atoms with Crippen molar-refractivity contribution in [2.45, 2.75) is 39.9 Å². The molecule has 8 nitrogen and oxygen atoms in total. The number of amides is 3. The molecule has 3 amide bonds. The summed E-state index contributed by atoms with van der Waals surface area (Å²) in [4.78, 5) is 28.6. The Labute approximate surface area is 171 Å². The van der Waals surface area contributed by atoms with Crippen LogP contribution in [0.5, 0.6) is 0 Å². The van der Waals surface area contributed by atoms with Gasteiger partial charge in [-0.05, 0) is 38.5 Å². The molecule has 0 bridgehead atoms. The molecule has 1 aliphatic rings. The average molecular weight is 399 g/mol. The number of rotatable bonds is 6. The fraction of sp³-hybridized carbons (Fsp3) is 0.476. The summed E-state index contributed by atoms with van der Waals surface area (Å²) in [7, 11) is 0. The molecule has 1 aromatic heterocycles. The smallest absolute Gasteiger partial charge is 0.315 e. The van der Waals surface area contributed by atoms with Crippen LogP contribution in [-0.4, -0.2) is 59.1 Å². The fourth-order valence-electron chi connectivity index (χ4n) is 3.27. The lowest BCUT2D eigenvalue weighted by Crippen LogP contribution is -2.48. The van der Waals surface area contributed by atoms with Gasteiger partial charge in [0.25, 0.3) is 5.91 Å². The number of nitrogens with zero attached hydrogens (tertiary/aromatic N) is 3. The Morgan fingerprint density at radius 2 is 1.83 bits per heavy atom. The zero-order chi connectivity index (χ0) is 20.8. The van der Waals surface area contributed by atoms with Crippen molar-refractivity contribution >= 4 is 11.9 Å². The van der Waals surface area contributed by atoms with Gasteiger partial charge in [-0.2, -0.15) is 0 Å². The number of aryl methyl sites for hydroxylation is 1. The Bertz CT molecular complexity index is 823. The molecule has 0 spiro atoms. The van der Waals surface area contributed by atoms with Crippen molar-refractivity contribution in [3.63, 3.8) is 0 Å². The topological polar surface area (TPSA) is 90.7 Å². The number of nitrogens with one attached hydrogen (secondary N) is 2. The molecule has 29 heavy (non-hydrogen) atoms. The van der Waals surface area contributed by atoms with E-state index in [1.165, 1.54) is 0 Å². The summed E-state index contributed by atoms with van der Waals surface area (Å²) in [5, 5.41) is 9.62. The lowest BCUT2D eigenvalue weighted by molar-refractivity contribution is 0.0625. The summed E-state index contributed by atoms with van der Waals surface area (Å²) in [5.41, 5.74) is 2.54. The molecule has 3 rings (SSSR count). The Hall–Kier alpha value is -2.87. The molecule has 156 valence electrons. The van der Waals surface area contributed by atoms with Crippen LogP contribution in [0.15, 0.2) is 34.9 Å². The second kappa shape index (κ2) is 9.56. The van der Waals surface area contributed by atoms with E-state index in [2.05, 4.69) is 20.7 Å². The predicted octanol–water partition coefficient (Wildman–Crippen LogP) is 2.15. The summed E-state index contributed by atoms with van der Waals surface area (Å²) in [6, 6.07) is 9.25. The van der Waals surface area contributed by atoms with E-state index in [0.717, 1.165) is 36.7 Å². The van der Waals surface area contributed by atoms with Gasteiger partial charge < -0.3 is 20.1 Å². The summed E-state index contributed by atoms with van der Waals surface area (Å²) in [6.45, 7) is 9.87. The van der Waals surface area contributed by atoms with Gasteiger partial charge in [-0.15, -0.1) is 0 Å². The lowest BCUT2D eigenvalue weighted by Gasteiger charge is -2.34. The quantitative estimate of drug-likeness (QED) is 0.777. The van der Waals surface area contributed by atoms with Crippen molar-refractivity contribution in [1.29, 1.82) is 0 Å². The van der Waals surface area contributed by atoms with E-state index in [0.29, 0.717) is 25.2 Å². The number of aromatic nitrogens is 1. The molecular formula is C21H29N5O3. The highest BCUT2D eigenvalue weighted by Crippen LogP contribution is 2.13. The van der Waals surface area contributed by atoms with Gasteiger partial charge in [-0.3, -0.25) is 9.69 Å². The van der Waals surface area contributed by atoms with Gasteiger partial charge in [0.2, 0.25) is 0 Å². The van der Waals surface area contributed by atoms with Gasteiger partial charge in [0.15, 0.2) is 0 Å². The first kappa shape index (κ1) is 20.9. The minimum absolute atomic E-state index is 0.0407. The molecule has 1 aliphatic heterocycles. The van der Waals surface area contributed by atoms with Crippen LogP contribution >= 0.6 is 0 Å². The van der Waals surface area contributed by atoms with E-state index < -0.39 is 0 Å². The molecular weight excluding hydrogens is 370 g/mol. The van der Waals surface area contributed by atoms with Gasteiger partial charge >= 0.3 is 6.03 Å². The highest BCUT2D eigenvalue weighted by Gasteiger charge is 2.22. The van der Waals surface area contributed by atoms with E-state index in [1.807, 2.05) is 56.0 Å². The Morgan fingerprint density at radius 1 is 1.14 bits per heavy atom. The summed E-state index contributed by atoms with van der Waals surface area (Å²) in [6.07, 6.45) is 0. The van der Waals surface area contributed by atoms with Crippen molar-refractivity contribution in [3.05, 3.63) is 52.9 Å². The molecule has 1 saturated heterocycles. The third-order valence-corrected chi connectivity index (χ3v) is 4.80. The standard InChI is InChI=1S/C21H29N5O3/c1-15(2)23-21(28)22-13-17-4-6-18(7-5-17)20(27)26-10-8-25(9-11-26)14-19-12-16(3)29-24-19/h4-7,12,15H,8-11,13-14H2,1-3H3,(H2,22,23,28). The normalized spacial score (nSPS) is 14.8. The second-order valence-electron chi connectivity index (χ2n) is 7.68. The first-order chi connectivity index (χ1) is 13.9. The number of benzene rings is 1.